The Bertz CT molecular complexity index is 971. The topological polar surface area (TPSA) is 70.2 Å². The molecule has 2 heterocycles. The van der Waals surface area contributed by atoms with Crippen LogP contribution in [0.25, 0.3) is 0 Å². The van der Waals surface area contributed by atoms with Crippen LogP contribution >= 0.6 is 0 Å². The Hall–Kier alpha value is -2.69. The number of amides is 1. The molecule has 0 spiro atoms. The van der Waals surface area contributed by atoms with Crippen molar-refractivity contribution in [2.75, 3.05) is 11.4 Å². The number of Topliss-reactive ketones (excluding diaryl/α,β-unsaturated/α-hetero) is 1. The molecule has 134 valence electrons. The molecular weight excluding hydrogens is 328 g/mol. The predicted octanol–water partition coefficient (Wildman–Crippen LogP) is 3.12. The van der Waals surface area contributed by atoms with Gasteiger partial charge in [0.1, 0.15) is 5.56 Å². The standard InChI is InChI=1S/C21H22N2O3/c1-21(2)11-16-14(18(24)12-21)10-15(19(25)22-16)20(26)23-9-5-7-13-6-3-4-8-17(13)23/h3-4,6,8,10H,5,7,9,11-12H2,1-2H3,(H,22,25). The lowest BCUT2D eigenvalue weighted by Gasteiger charge is -2.31. The lowest BCUT2D eigenvalue weighted by molar-refractivity contribution is 0.0910. The van der Waals surface area contributed by atoms with Crippen LogP contribution in [0.2, 0.25) is 0 Å². The predicted molar refractivity (Wildman–Crippen MR) is 99.9 cm³/mol. The van der Waals surface area contributed by atoms with Crippen molar-refractivity contribution >= 4 is 17.4 Å². The lowest BCUT2D eigenvalue weighted by atomic mass is 9.75. The van der Waals surface area contributed by atoms with E-state index in [4.69, 9.17) is 0 Å². The number of hydrogen-bond donors (Lipinski definition) is 1. The normalized spacial score (nSPS) is 18.2. The van der Waals surface area contributed by atoms with Crippen molar-refractivity contribution in [2.24, 2.45) is 5.41 Å². The molecule has 2 aromatic rings. The molecule has 5 nitrogen and oxygen atoms in total. The van der Waals surface area contributed by atoms with Gasteiger partial charge >= 0.3 is 0 Å². The molecular formula is C21H22N2O3. The molecule has 1 aromatic carbocycles. The number of para-hydroxylation sites is 1. The van der Waals surface area contributed by atoms with E-state index in [1.807, 2.05) is 38.1 Å². The number of benzene rings is 1. The Morgan fingerprint density at radius 2 is 1.92 bits per heavy atom. The van der Waals surface area contributed by atoms with Crippen molar-refractivity contribution in [2.45, 2.75) is 39.5 Å². The number of pyridine rings is 1. The quantitative estimate of drug-likeness (QED) is 0.859. The number of fused-ring (bicyclic) bond motifs is 2. The molecule has 0 saturated carbocycles. The van der Waals surface area contributed by atoms with Crippen LogP contribution in [0.15, 0.2) is 35.1 Å². The molecule has 5 heteroatoms. The van der Waals surface area contributed by atoms with Crippen LogP contribution in [0.5, 0.6) is 0 Å². The Morgan fingerprint density at radius 1 is 1.15 bits per heavy atom. The van der Waals surface area contributed by atoms with E-state index in [9.17, 15) is 14.4 Å². The van der Waals surface area contributed by atoms with Crippen LogP contribution in [-0.4, -0.2) is 23.2 Å². The number of aromatic nitrogens is 1. The number of carbonyl (C=O) groups excluding carboxylic acids is 2. The fraction of sp³-hybridized carbons (Fsp3) is 0.381. The average Bonchev–Trinajstić information content (AvgIpc) is 2.59. The Morgan fingerprint density at radius 3 is 2.73 bits per heavy atom. The summed E-state index contributed by atoms with van der Waals surface area (Å²) < 4.78 is 0. The minimum atomic E-state index is -0.415. The molecule has 1 aliphatic heterocycles. The van der Waals surface area contributed by atoms with Crippen molar-refractivity contribution < 1.29 is 9.59 Å². The second-order valence-electron chi connectivity index (χ2n) is 8.03. The zero-order valence-corrected chi connectivity index (χ0v) is 15.1. The van der Waals surface area contributed by atoms with Gasteiger partial charge in [-0.25, -0.2) is 0 Å². The number of ketones is 1. The Labute approximate surface area is 152 Å². The first-order chi connectivity index (χ1) is 12.4. The van der Waals surface area contributed by atoms with Gasteiger partial charge in [0.2, 0.25) is 0 Å². The number of rotatable bonds is 1. The van der Waals surface area contributed by atoms with Gasteiger partial charge in [-0.1, -0.05) is 32.0 Å². The van der Waals surface area contributed by atoms with Crippen molar-refractivity contribution in [3.63, 3.8) is 0 Å². The van der Waals surface area contributed by atoms with E-state index < -0.39 is 5.56 Å². The summed E-state index contributed by atoms with van der Waals surface area (Å²) in [7, 11) is 0. The van der Waals surface area contributed by atoms with Crippen LogP contribution in [0, 0.1) is 5.41 Å². The van der Waals surface area contributed by atoms with Crippen molar-refractivity contribution in [1.82, 2.24) is 4.98 Å². The highest BCUT2D eigenvalue weighted by Crippen LogP contribution is 2.34. The minimum Gasteiger partial charge on any atom is -0.325 e. The second kappa shape index (κ2) is 5.94. The maximum Gasteiger partial charge on any atom is 0.263 e. The van der Waals surface area contributed by atoms with Crippen LogP contribution < -0.4 is 10.5 Å². The molecule has 0 saturated heterocycles. The van der Waals surface area contributed by atoms with Gasteiger partial charge in [0.25, 0.3) is 11.5 Å². The number of anilines is 1. The van der Waals surface area contributed by atoms with Gasteiger partial charge in [-0.2, -0.15) is 0 Å². The van der Waals surface area contributed by atoms with Crippen LogP contribution in [0.4, 0.5) is 5.69 Å². The van der Waals surface area contributed by atoms with Crippen molar-refractivity contribution in [3.8, 4) is 0 Å². The van der Waals surface area contributed by atoms with Crippen molar-refractivity contribution in [1.29, 1.82) is 0 Å². The van der Waals surface area contributed by atoms with Gasteiger partial charge < -0.3 is 9.88 Å². The SMILES string of the molecule is CC1(C)CC(=O)c2cc(C(=O)N3CCCc4ccccc43)c(=O)[nH]c2C1. The fourth-order valence-electron chi connectivity index (χ4n) is 4.08. The molecule has 4 rings (SSSR count). The second-order valence-corrected chi connectivity index (χ2v) is 8.03. The highest BCUT2D eigenvalue weighted by atomic mass is 16.2. The van der Waals surface area contributed by atoms with Gasteiger partial charge in [-0.15, -0.1) is 0 Å². The number of H-pyrrole nitrogens is 1. The van der Waals surface area contributed by atoms with E-state index in [2.05, 4.69) is 4.98 Å². The van der Waals surface area contributed by atoms with E-state index in [1.54, 1.807) is 4.90 Å². The Kier molecular flexibility index (Phi) is 3.83. The molecule has 0 fully saturated rings. The number of hydrogen-bond acceptors (Lipinski definition) is 3. The molecule has 0 unspecified atom stereocenters. The molecule has 1 N–H and O–H groups in total. The molecule has 1 amide bonds. The molecule has 0 radical (unpaired) electrons. The first-order valence-corrected chi connectivity index (χ1v) is 9.05. The summed E-state index contributed by atoms with van der Waals surface area (Å²) in [5.41, 5.74) is 2.55. The molecule has 0 atom stereocenters. The average molecular weight is 350 g/mol. The first kappa shape index (κ1) is 16.8. The van der Waals surface area contributed by atoms with Gasteiger partial charge in [-0.05, 0) is 42.4 Å². The first-order valence-electron chi connectivity index (χ1n) is 9.05. The van der Waals surface area contributed by atoms with Crippen LogP contribution in [-0.2, 0) is 12.8 Å². The summed E-state index contributed by atoms with van der Waals surface area (Å²) in [6.45, 7) is 4.60. The smallest absolute Gasteiger partial charge is 0.263 e. The molecule has 0 bridgehead atoms. The number of aromatic amines is 1. The maximum absolute atomic E-state index is 13.1. The van der Waals surface area contributed by atoms with Crippen LogP contribution in [0.3, 0.4) is 0 Å². The zero-order valence-electron chi connectivity index (χ0n) is 15.1. The highest BCUT2D eigenvalue weighted by Gasteiger charge is 2.33. The number of nitrogens with zero attached hydrogens (tertiary/aromatic N) is 1. The maximum atomic E-state index is 13.1. The summed E-state index contributed by atoms with van der Waals surface area (Å²) >= 11 is 0. The summed E-state index contributed by atoms with van der Waals surface area (Å²) in [5.74, 6) is -0.348. The summed E-state index contributed by atoms with van der Waals surface area (Å²) in [4.78, 5) is 42.7. The van der Waals surface area contributed by atoms with Crippen LogP contribution in [0.1, 0.15) is 58.7 Å². The molecule has 1 aliphatic carbocycles. The third-order valence-electron chi connectivity index (χ3n) is 5.30. The van der Waals surface area contributed by atoms with Gasteiger partial charge in [0.05, 0.1) is 0 Å². The highest BCUT2D eigenvalue weighted by molar-refractivity contribution is 6.08. The van der Waals surface area contributed by atoms with E-state index in [0.717, 1.165) is 24.1 Å². The largest absolute Gasteiger partial charge is 0.325 e. The summed E-state index contributed by atoms with van der Waals surface area (Å²) in [6, 6.07) is 9.28. The third-order valence-corrected chi connectivity index (χ3v) is 5.30. The molecule has 26 heavy (non-hydrogen) atoms. The van der Waals surface area contributed by atoms with Gasteiger partial charge in [0.15, 0.2) is 5.78 Å². The third kappa shape index (κ3) is 2.77. The number of nitrogens with one attached hydrogen (secondary N) is 1. The van der Waals surface area contributed by atoms with Gasteiger partial charge in [0, 0.05) is 29.9 Å². The Balaban J connectivity index is 1.76. The van der Waals surface area contributed by atoms with E-state index in [-0.39, 0.29) is 22.7 Å². The van der Waals surface area contributed by atoms with E-state index in [0.29, 0.717) is 30.6 Å². The zero-order chi connectivity index (χ0) is 18.5. The molecule has 2 aliphatic rings. The summed E-state index contributed by atoms with van der Waals surface area (Å²) in [6.07, 6.45) is 2.84. The van der Waals surface area contributed by atoms with E-state index in [1.165, 1.54) is 6.07 Å². The fourth-order valence-corrected chi connectivity index (χ4v) is 4.08. The van der Waals surface area contributed by atoms with Gasteiger partial charge in [-0.3, -0.25) is 14.4 Å². The summed E-state index contributed by atoms with van der Waals surface area (Å²) in [5, 5.41) is 0. The van der Waals surface area contributed by atoms with E-state index >= 15 is 0 Å². The molecule has 1 aromatic heterocycles. The number of aryl methyl sites for hydroxylation is 1. The minimum absolute atomic E-state index is 0.0133. The monoisotopic (exact) mass is 350 g/mol. The lowest BCUT2D eigenvalue weighted by Crippen LogP contribution is -2.39. The van der Waals surface area contributed by atoms with Crippen molar-refractivity contribution in [3.05, 3.63) is 63.1 Å². The number of carbonyl (C=O) groups is 2.